The Labute approximate surface area is 132 Å². The first-order chi connectivity index (χ1) is 10.5. The molecule has 2 aromatic rings. The van der Waals surface area contributed by atoms with Crippen LogP contribution in [0.5, 0.6) is 0 Å². The van der Waals surface area contributed by atoms with E-state index in [9.17, 15) is 14.9 Å². The fourth-order valence-electron chi connectivity index (χ4n) is 2.12. The fraction of sp³-hybridized carbons (Fsp3) is 0.267. The van der Waals surface area contributed by atoms with Gasteiger partial charge in [0.2, 0.25) is 0 Å². The topological polar surface area (TPSA) is 75.5 Å². The summed E-state index contributed by atoms with van der Waals surface area (Å²) in [5.74, 6) is -0.314. The number of amides is 1. The molecule has 2 rings (SSSR count). The van der Waals surface area contributed by atoms with E-state index in [4.69, 9.17) is 0 Å². The van der Waals surface area contributed by atoms with Gasteiger partial charge in [-0.3, -0.25) is 14.9 Å². The van der Waals surface area contributed by atoms with Gasteiger partial charge in [-0.2, -0.15) is 11.3 Å². The monoisotopic (exact) mass is 319 g/mol. The Morgan fingerprint density at radius 2 is 2.18 bits per heavy atom. The molecule has 1 atom stereocenters. The van der Waals surface area contributed by atoms with E-state index in [1.807, 2.05) is 35.8 Å². The average Bonchev–Trinajstić information content (AvgIpc) is 3.01. The average molecular weight is 319 g/mol. The van der Waals surface area contributed by atoms with Gasteiger partial charge in [0, 0.05) is 24.2 Å². The first-order valence-corrected chi connectivity index (χ1v) is 7.64. The van der Waals surface area contributed by atoms with Crippen LogP contribution in [-0.2, 0) is 0 Å². The lowest BCUT2D eigenvalue weighted by atomic mass is 10.1. The van der Waals surface area contributed by atoms with Gasteiger partial charge in [-0.1, -0.05) is 6.07 Å². The van der Waals surface area contributed by atoms with Crippen molar-refractivity contribution in [3.8, 4) is 0 Å². The van der Waals surface area contributed by atoms with Crippen molar-refractivity contribution in [1.82, 2.24) is 10.2 Å². The Balaban J connectivity index is 2.05. The highest BCUT2D eigenvalue weighted by molar-refractivity contribution is 7.07. The third-order valence-corrected chi connectivity index (χ3v) is 4.03. The number of nitro benzene ring substituents is 1. The first-order valence-electron chi connectivity index (χ1n) is 6.70. The van der Waals surface area contributed by atoms with E-state index in [-0.39, 0.29) is 23.2 Å². The van der Waals surface area contributed by atoms with Crippen molar-refractivity contribution < 1.29 is 9.72 Å². The van der Waals surface area contributed by atoms with Crippen molar-refractivity contribution in [2.24, 2.45) is 0 Å². The molecule has 1 aromatic carbocycles. The lowest BCUT2D eigenvalue weighted by Crippen LogP contribution is -2.34. The molecule has 0 saturated carbocycles. The second-order valence-corrected chi connectivity index (χ2v) is 5.83. The van der Waals surface area contributed by atoms with Crippen LogP contribution in [0.1, 0.15) is 22.0 Å². The standard InChI is InChI=1S/C15H17N3O3S/c1-17(2)14(12-6-7-22-10-12)9-16-15(19)11-4-3-5-13(8-11)18(20)21/h3-8,10,14H,9H2,1-2H3,(H,16,19)/t14-/m1/s1. The Morgan fingerprint density at radius 3 is 2.77 bits per heavy atom. The molecular weight excluding hydrogens is 302 g/mol. The van der Waals surface area contributed by atoms with Crippen LogP contribution in [0, 0.1) is 10.1 Å². The number of benzene rings is 1. The molecule has 0 aliphatic heterocycles. The molecule has 6 nitrogen and oxygen atoms in total. The minimum absolute atomic E-state index is 0.0638. The normalized spacial score (nSPS) is 12.1. The zero-order chi connectivity index (χ0) is 16.1. The molecule has 0 aliphatic carbocycles. The van der Waals surface area contributed by atoms with Gasteiger partial charge in [-0.05, 0) is 42.6 Å². The van der Waals surface area contributed by atoms with E-state index in [0.29, 0.717) is 6.54 Å². The van der Waals surface area contributed by atoms with Crippen LogP contribution in [0.15, 0.2) is 41.1 Å². The van der Waals surface area contributed by atoms with Gasteiger partial charge in [-0.15, -0.1) is 0 Å². The molecule has 0 saturated heterocycles. The predicted octanol–water partition coefficient (Wildman–Crippen LogP) is 2.69. The number of likely N-dealkylation sites (N-methyl/N-ethyl adjacent to an activating group) is 1. The second-order valence-electron chi connectivity index (χ2n) is 5.05. The van der Waals surface area contributed by atoms with Crippen LogP contribution in [0.3, 0.4) is 0 Å². The zero-order valence-electron chi connectivity index (χ0n) is 12.4. The number of hydrogen-bond donors (Lipinski definition) is 1. The fourth-order valence-corrected chi connectivity index (χ4v) is 2.82. The van der Waals surface area contributed by atoms with Crippen molar-refractivity contribution in [3.05, 3.63) is 62.3 Å². The molecule has 0 aliphatic rings. The molecule has 0 bridgehead atoms. The van der Waals surface area contributed by atoms with Gasteiger partial charge in [0.15, 0.2) is 0 Å². The maximum Gasteiger partial charge on any atom is 0.270 e. The molecule has 7 heteroatoms. The van der Waals surface area contributed by atoms with Crippen molar-refractivity contribution >= 4 is 22.9 Å². The van der Waals surface area contributed by atoms with Crippen LogP contribution in [0.2, 0.25) is 0 Å². The Hall–Kier alpha value is -2.25. The van der Waals surface area contributed by atoms with Gasteiger partial charge < -0.3 is 10.2 Å². The molecule has 116 valence electrons. The van der Waals surface area contributed by atoms with Gasteiger partial charge in [0.25, 0.3) is 11.6 Å². The van der Waals surface area contributed by atoms with Gasteiger partial charge >= 0.3 is 0 Å². The maximum absolute atomic E-state index is 12.2. The summed E-state index contributed by atoms with van der Waals surface area (Å²) < 4.78 is 0. The summed E-state index contributed by atoms with van der Waals surface area (Å²) >= 11 is 1.61. The van der Waals surface area contributed by atoms with Crippen LogP contribution in [0.4, 0.5) is 5.69 Å². The number of nitrogens with zero attached hydrogens (tertiary/aromatic N) is 2. The Kier molecular flexibility index (Phi) is 5.24. The number of non-ortho nitro benzene ring substituents is 1. The van der Waals surface area contributed by atoms with E-state index < -0.39 is 4.92 Å². The molecule has 1 N–H and O–H groups in total. The third kappa shape index (κ3) is 3.90. The number of nitro groups is 1. The lowest BCUT2D eigenvalue weighted by Gasteiger charge is -2.24. The highest BCUT2D eigenvalue weighted by atomic mass is 32.1. The molecule has 1 amide bonds. The van der Waals surface area contributed by atoms with Gasteiger partial charge in [0.05, 0.1) is 11.0 Å². The molecule has 0 unspecified atom stereocenters. The lowest BCUT2D eigenvalue weighted by molar-refractivity contribution is -0.384. The molecule has 0 fully saturated rings. The first kappa shape index (κ1) is 16.1. The summed E-state index contributed by atoms with van der Waals surface area (Å²) in [5.41, 5.74) is 1.33. The van der Waals surface area contributed by atoms with E-state index in [0.717, 1.165) is 5.56 Å². The van der Waals surface area contributed by atoms with E-state index in [1.54, 1.807) is 17.4 Å². The van der Waals surface area contributed by atoms with Crippen molar-refractivity contribution in [2.45, 2.75) is 6.04 Å². The number of carbonyl (C=O) groups is 1. The number of carbonyl (C=O) groups excluding carboxylic acids is 1. The summed E-state index contributed by atoms with van der Waals surface area (Å²) in [6.45, 7) is 0.436. The predicted molar refractivity (Wildman–Crippen MR) is 86.2 cm³/mol. The summed E-state index contributed by atoms with van der Waals surface area (Å²) in [4.78, 5) is 24.4. The molecular formula is C15H17N3O3S. The van der Waals surface area contributed by atoms with Crippen LogP contribution in [-0.4, -0.2) is 36.4 Å². The van der Waals surface area contributed by atoms with E-state index in [2.05, 4.69) is 5.32 Å². The minimum atomic E-state index is -0.509. The van der Waals surface area contributed by atoms with Gasteiger partial charge in [-0.25, -0.2) is 0 Å². The molecule has 1 heterocycles. The Bertz CT molecular complexity index is 656. The third-order valence-electron chi connectivity index (χ3n) is 3.33. The summed E-state index contributed by atoms with van der Waals surface area (Å²) in [7, 11) is 3.89. The van der Waals surface area contributed by atoms with Crippen LogP contribution < -0.4 is 5.32 Å². The molecule has 1 aromatic heterocycles. The highest BCUT2D eigenvalue weighted by Crippen LogP contribution is 2.20. The SMILES string of the molecule is CN(C)[C@H](CNC(=O)c1cccc([N+](=O)[O-])c1)c1ccsc1. The van der Waals surface area contributed by atoms with Crippen LogP contribution >= 0.6 is 11.3 Å². The summed E-state index contributed by atoms with van der Waals surface area (Å²) in [5, 5.41) is 17.6. The number of nitrogens with one attached hydrogen (secondary N) is 1. The molecule has 0 radical (unpaired) electrons. The summed E-state index contributed by atoms with van der Waals surface area (Å²) in [6.07, 6.45) is 0. The number of rotatable bonds is 6. The maximum atomic E-state index is 12.2. The Morgan fingerprint density at radius 1 is 1.41 bits per heavy atom. The smallest absolute Gasteiger partial charge is 0.270 e. The minimum Gasteiger partial charge on any atom is -0.350 e. The van der Waals surface area contributed by atoms with Gasteiger partial charge in [0.1, 0.15) is 0 Å². The highest BCUT2D eigenvalue weighted by Gasteiger charge is 2.17. The van der Waals surface area contributed by atoms with E-state index >= 15 is 0 Å². The number of hydrogen-bond acceptors (Lipinski definition) is 5. The largest absolute Gasteiger partial charge is 0.350 e. The second kappa shape index (κ2) is 7.15. The number of thiophene rings is 1. The van der Waals surface area contributed by atoms with Crippen molar-refractivity contribution in [3.63, 3.8) is 0 Å². The summed E-state index contributed by atoms with van der Waals surface area (Å²) in [6, 6.07) is 7.81. The van der Waals surface area contributed by atoms with E-state index in [1.165, 1.54) is 18.2 Å². The quantitative estimate of drug-likeness (QED) is 0.656. The molecule has 0 spiro atoms. The van der Waals surface area contributed by atoms with Crippen molar-refractivity contribution in [1.29, 1.82) is 0 Å². The van der Waals surface area contributed by atoms with Crippen LogP contribution in [0.25, 0.3) is 0 Å². The van der Waals surface area contributed by atoms with Crippen molar-refractivity contribution in [2.75, 3.05) is 20.6 Å². The molecule has 22 heavy (non-hydrogen) atoms. The zero-order valence-corrected chi connectivity index (χ0v) is 13.2.